The molecule has 0 saturated heterocycles. The Morgan fingerprint density at radius 2 is 1.71 bits per heavy atom. The SMILES string of the molecule is Cc1ccc(-c2cccc[n+]2[O-])cc1. The Bertz CT molecular complexity index is 434. The predicted molar refractivity (Wildman–Crippen MR) is 55.6 cm³/mol. The van der Waals surface area contributed by atoms with Gasteiger partial charge in [0.2, 0.25) is 5.69 Å². The maximum absolute atomic E-state index is 11.4. The molecule has 0 aliphatic rings. The smallest absolute Gasteiger partial charge is 0.223 e. The minimum Gasteiger partial charge on any atom is -0.618 e. The fraction of sp³-hybridized carbons (Fsp3) is 0.0833. The van der Waals surface area contributed by atoms with Gasteiger partial charge in [0.25, 0.3) is 0 Å². The highest BCUT2D eigenvalue weighted by Gasteiger charge is 2.05. The van der Waals surface area contributed by atoms with Gasteiger partial charge in [-0.15, -0.1) is 0 Å². The third-order valence-corrected chi connectivity index (χ3v) is 2.17. The Hall–Kier alpha value is -1.83. The first kappa shape index (κ1) is 8.75. The van der Waals surface area contributed by atoms with E-state index in [1.54, 1.807) is 6.07 Å². The molecule has 2 rings (SSSR count). The van der Waals surface area contributed by atoms with Crippen molar-refractivity contribution in [3.63, 3.8) is 0 Å². The van der Waals surface area contributed by atoms with Gasteiger partial charge in [-0.25, -0.2) is 0 Å². The van der Waals surface area contributed by atoms with Crippen LogP contribution in [0, 0.1) is 12.1 Å². The van der Waals surface area contributed by atoms with Crippen molar-refractivity contribution in [1.82, 2.24) is 0 Å². The van der Waals surface area contributed by atoms with Gasteiger partial charge in [0.15, 0.2) is 6.20 Å². The molecule has 0 radical (unpaired) electrons. The summed E-state index contributed by atoms with van der Waals surface area (Å²) in [4.78, 5) is 0. The molecule has 0 saturated carbocycles. The second-order valence-corrected chi connectivity index (χ2v) is 3.28. The summed E-state index contributed by atoms with van der Waals surface area (Å²) in [6.07, 6.45) is 1.51. The van der Waals surface area contributed by atoms with E-state index in [-0.39, 0.29) is 0 Å². The summed E-state index contributed by atoms with van der Waals surface area (Å²) >= 11 is 0. The van der Waals surface area contributed by atoms with E-state index >= 15 is 0 Å². The van der Waals surface area contributed by atoms with Gasteiger partial charge >= 0.3 is 0 Å². The molecule has 0 bridgehead atoms. The van der Waals surface area contributed by atoms with Crippen LogP contribution in [0.25, 0.3) is 11.3 Å². The van der Waals surface area contributed by atoms with Crippen LogP contribution in [0.1, 0.15) is 5.56 Å². The number of hydrogen-bond donors (Lipinski definition) is 0. The van der Waals surface area contributed by atoms with Gasteiger partial charge in [-0.2, -0.15) is 4.73 Å². The van der Waals surface area contributed by atoms with Gasteiger partial charge < -0.3 is 5.21 Å². The molecule has 70 valence electrons. The summed E-state index contributed by atoms with van der Waals surface area (Å²) in [5.74, 6) is 0. The van der Waals surface area contributed by atoms with Crippen LogP contribution in [0.4, 0.5) is 0 Å². The Morgan fingerprint density at radius 1 is 1.00 bits per heavy atom. The maximum Gasteiger partial charge on any atom is 0.223 e. The van der Waals surface area contributed by atoms with Crippen molar-refractivity contribution < 1.29 is 4.73 Å². The van der Waals surface area contributed by atoms with Crippen LogP contribution in [0.2, 0.25) is 0 Å². The average Bonchev–Trinajstić information content (AvgIpc) is 2.20. The lowest BCUT2D eigenvalue weighted by Crippen LogP contribution is -2.27. The van der Waals surface area contributed by atoms with E-state index in [4.69, 9.17) is 0 Å². The largest absolute Gasteiger partial charge is 0.618 e. The van der Waals surface area contributed by atoms with Gasteiger partial charge in [-0.3, -0.25) is 0 Å². The van der Waals surface area contributed by atoms with Crippen molar-refractivity contribution in [2.45, 2.75) is 6.92 Å². The lowest BCUT2D eigenvalue weighted by molar-refractivity contribution is -0.593. The Balaban J connectivity index is 2.50. The monoisotopic (exact) mass is 185 g/mol. The Morgan fingerprint density at radius 3 is 2.36 bits per heavy atom. The van der Waals surface area contributed by atoms with E-state index in [9.17, 15) is 5.21 Å². The zero-order valence-electron chi connectivity index (χ0n) is 7.97. The molecule has 1 heterocycles. The number of aryl methyl sites for hydroxylation is 1. The number of nitrogens with zero attached hydrogens (tertiary/aromatic N) is 1. The summed E-state index contributed by atoms with van der Waals surface area (Å²) in [6, 6.07) is 13.3. The van der Waals surface area contributed by atoms with Crippen LogP contribution in [0.3, 0.4) is 0 Å². The first-order chi connectivity index (χ1) is 6.77. The molecule has 0 unspecified atom stereocenters. The molecule has 0 N–H and O–H groups in total. The molecule has 0 amide bonds. The van der Waals surface area contributed by atoms with Crippen LogP contribution in [0.5, 0.6) is 0 Å². The number of rotatable bonds is 1. The lowest BCUT2D eigenvalue weighted by atomic mass is 10.1. The van der Waals surface area contributed by atoms with Crippen molar-refractivity contribution in [1.29, 1.82) is 0 Å². The van der Waals surface area contributed by atoms with Gasteiger partial charge in [0, 0.05) is 17.7 Å². The molecular formula is C12H11NO. The van der Waals surface area contributed by atoms with Crippen LogP contribution >= 0.6 is 0 Å². The molecule has 0 aliphatic carbocycles. The van der Waals surface area contributed by atoms with E-state index < -0.39 is 0 Å². The molecule has 0 atom stereocenters. The predicted octanol–water partition coefficient (Wildman–Crippen LogP) is 2.30. The average molecular weight is 185 g/mol. The minimum atomic E-state index is 0.688. The second-order valence-electron chi connectivity index (χ2n) is 3.28. The fourth-order valence-corrected chi connectivity index (χ4v) is 1.38. The van der Waals surface area contributed by atoms with Gasteiger partial charge in [0.1, 0.15) is 0 Å². The van der Waals surface area contributed by atoms with Crippen molar-refractivity contribution in [3.8, 4) is 11.3 Å². The third-order valence-electron chi connectivity index (χ3n) is 2.17. The highest BCUT2D eigenvalue weighted by Crippen LogP contribution is 2.14. The highest BCUT2D eigenvalue weighted by atomic mass is 16.5. The molecule has 2 nitrogen and oxygen atoms in total. The summed E-state index contributed by atoms with van der Waals surface area (Å²) in [5, 5.41) is 11.4. The van der Waals surface area contributed by atoms with Gasteiger partial charge in [-0.05, 0) is 25.1 Å². The summed E-state index contributed by atoms with van der Waals surface area (Å²) in [5.41, 5.74) is 2.83. The first-order valence-corrected chi connectivity index (χ1v) is 4.52. The molecule has 0 aliphatic heterocycles. The van der Waals surface area contributed by atoms with Crippen molar-refractivity contribution in [2.75, 3.05) is 0 Å². The summed E-state index contributed by atoms with van der Waals surface area (Å²) in [7, 11) is 0. The molecule has 2 heteroatoms. The van der Waals surface area contributed by atoms with E-state index in [0.29, 0.717) is 5.69 Å². The topological polar surface area (TPSA) is 26.9 Å². The number of pyridine rings is 1. The number of hydrogen-bond acceptors (Lipinski definition) is 1. The number of benzene rings is 1. The van der Waals surface area contributed by atoms with Crippen LogP contribution in [-0.2, 0) is 0 Å². The van der Waals surface area contributed by atoms with Crippen LogP contribution < -0.4 is 4.73 Å². The molecular weight excluding hydrogens is 174 g/mol. The van der Waals surface area contributed by atoms with E-state index in [0.717, 1.165) is 10.3 Å². The molecule has 1 aromatic carbocycles. The van der Waals surface area contributed by atoms with Crippen molar-refractivity contribution in [3.05, 3.63) is 59.4 Å². The van der Waals surface area contributed by atoms with Gasteiger partial charge in [0.05, 0.1) is 0 Å². The standard InChI is InChI=1S/C12H11NO/c1-10-5-7-11(8-6-10)12-4-2-3-9-13(12)14/h2-9H,1H3. The quantitative estimate of drug-likeness (QED) is 0.494. The fourth-order valence-electron chi connectivity index (χ4n) is 1.38. The lowest BCUT2D eigenvalue weighted by Gasteiger charge is -2.03. The van der Waals surface area contributed by atoms with E-state index in [2.05, 4.69) is 0 Å². The van der Waals surface area contributed by atoms with Crippen molar-refractivity contribution >= 4 is 0 Å². The van der Waals surface area contributed by atoms with Gasteiger partial charge in [-0.1, -0.05) is 17.7 Å². The molecule has 0 spiro atoms. The Kier molecular flexibility index (Phi) is 2.19. The first-order valence-electron chi connectivity index (χ1n) is 4.52. The molecule has 1 aromatic heterocycles. The zero-order chi connectivity index (χ0) is 9.97. The normalized spacial score (nSPS) is 10.1. The Labute approximate surface area is 83.0 Å². The van der Waals surface area contributed by atoms with Crippen LogP contribution in [0.15, 0.2) is 48.7 Å². The maximum atomic E-state index is 11.4. The second kappa shape index (κ2) is 3.50. The molecule has 2 aromatic rings. The third kappa shape index (κ3) is 1.59. The minimum absolute atomic E-state index is 0.688. The zero-order valence-corrected chi connectivity index (χ0v) is 7.97. The molecule has 14 heavy (non-hydrogen) atoms. The number of aromatic nitrogens is 1. The highest BCUT2D eigenvalue weighted by molar-refractivity contribution is 5.56. The summed E-state index contributed by atoms with van der Waals surface area (Å²) in [6.45, 7) is 2.03. The summed E-state index contributed by atoms with van der Waals surface area (Å²) < 4.78 is 0.880. The molecule has 0 fully saturated rings. The van der Waals surface area contributed by atoms with E-state index in [1.807, 2.05) is 43.3 Å². The van der Waals surface area contributed by atoms with Crippen molar-refractivity contribution in [2.24, 2.45) is 0 Å². The van der Waals surface area contributed by atoms with E-state index in [1.165, 1.54) is 11.8 Å². The van der Waals surface area contributed by atoms with Crippen LogP contribution in [-0.4, -0.2) is 0 Å².